The molecule has 11 aromatic carbocycles. The normalized spacial score (nSPS) is 12.1. The maximum atomic E-state index is 5.66. The van der Waals surface area contributed by atoms with Gasteiger partial charge in [-0.1, -0.05) is 127 Å². The largest absolute Gasteiger partial charge is 0.309 e. The van der Waals surface area contributed by atoms with Crippen LogP contribution in [-0.2, 0) is 0 Å². The highest BCUT2D eigenvalue weighted by Gasteiger charge is 2.23. The van der Waals surface area contributed by atoms with Crippen molar-refractivity contribution in [1.29, 1.82) is 0 Å². The van der Waals surface area contributed by atoms with E-state index in [-0.39, 0.29) is 0 Å². The number of imidazole rings is 1. The van der Waals surface area contributed by atoms with Crippen molar-refractivity contribution in [1.82, 2.24) is 27.8 Å². The zero-order valence-corrected chi connectivity index (χ0v) is 39.4. The van der Waals surface area contributed by atoms with Gasteiger partial charge in [-0.05, 0) is 127 Å². The molecule has 0 fully saturated rings. The van der Waals surface area contributed by atoms with E-state index in [1.165, 1.54) is 70.7 Å². The average Bonchev–Trinajstić information content (AvgIpc) is 4.26. The minimum atomic E-state index is 0.883. The van der Waals surface area contributed by atoms with Crippen LogP contribution in [0.2, 0.25) is 0 Å². The zero-order chi connectivity index (χ0) is 47.7. The Morgan fingerprint density at radius 2 is 0.534 bits per heavy atom. The number of hydrogen-bond donors (Lipinski definition) is 0. The smallest absolute Gasteiger partial charge is 0.145 e. The molecule has 0 bridgehead atoms. The van der Waals surface area contributed by atoms with Crippen molar-refractivity contribution in [2.45, 2.75) is 0 Å². The summed E-state index contributed by atoms with van der Waals surface area (Å²) < 4.78 is 12.0. The monoisotopic (exact) mass is 930 g/mol. The minimum Gasteiger partial charge on any atom is -0.309 e. The first-order chi connectivity index (χ1) is 36.2. The van der Waals surface area contributed by atoms with Gasteiger partial charge in [0.25, 0.3) is 0 Å². The van der Waals surface area contributed by atoms with Gasteiger partial charge in [0.05, 0.1) is 55.2 Å². The van der Waals surface area contributed by atoms with Gasteiger partial charge in [-0.25, -0.2) is 4.98 Å². The lowest BCUT2D eigenvalue weighted by Gasteiger charge is -2.13. The van der Waals surface area contributed by atoms with Crippen LogP contribution in [0.5, 0.6) is 0 Å². The molecule has 0 aliphatic rings. The number of nitrogens with zero attached hydrogens (tertiary/aromatic N) is 6. The van der Waals surface area contributed by atoms with Gasteiger partial charge in [0, 0.05) is 77.1 Å². The second kappa shape index (κ2) is 15.3. The third-order valence-corrected chi connectivity index (χ3v) is 15.3. The minimum absolute atomic E-state index is 0.883. The molecule has 5 heterocycles. The van der Waals surface area contributed by atoms with Crippen molar-refractivity contribution >= 4 is 98.3 Å². The van der Waals surface area contributed by atoms with E-state index in [4.69, 9.17) is 4.98 Å². The Morgan fingerprint density at radius 1 is 0.205 bits per heavy atom. The van der Waals surface area contributed by atoms with Gasteiger partial charge in [0.2, 0.25) is 0 Å². The fourth-order valence-corrected chi connectivity index (χ4v) is 12.1. The van der Waals surface area contributed by atoms with Crippen LogP contribution < -0.4 is 0 Å². The second-order valence-corrected chi connectivity index (χ2v) is 19.2. The third kappa shape index (κ3) is 5.77. The van der Waals surface area contributed by atoms with E-state index in [0.29, 0.717) is 0 Å². The summed E-state index contributed by atoms with van der Waals surface area (Å²) in [4.78, 5) is 5.66. The molecular formula is C67H42N6. The lowest BCUT2D eigenvalue weighted by Crippen LogP contribution is -1.99. The van der Waals surface area contributed by atoms with Gasteiger partial charge < -0.3 is 18.3 Å². The van der Waals surface area contributed by atoms with Crippen LogP contribution in [0.25, 0.3) is 138 Å². The molecule has 5 aromatic heterocycles. The Balaban J connectivity index is 0.939. The highest BCUT2D eigenvalue weighted by atomic mass is 15.1. The van der Waals surface area contributed by atoms with Gasteiger partial charge in [-0.3, -0.25) is 4.57 Å². The number of benzene rings is 11. The summed E-state index contributed by atoms with van der Waals surface area (Å²) in [6, 6.07) is 92.6. The number of fused-ring (bicyclic) bond motifs is 13. The molecule has 16 aromatic rings. The van der Waals surface area contributed by atoms with Crippen molar-refractivity contribution in [3.8, 4) is 39.8 Å². The first-order valence-corrected chi connectivity index (χ1v) is 25.0. The lowest BCUT2D eigenvalue weighted by molar-refractivity contribution is 1.10. The third-order valence-electron chi connectivity index (χ3n) is 15.3. The first-order valence-electron chi connectivity index (χ1n) is 25.0. The van der Waals surface area contributed by atoms with E-state index in [2.05, 4.69) is 278 Å². The van der Waals surface area contributed by atoms with Crippen LogP contribution in [0.1, 0.15) is 0 Å². The molecule has 73 heavy (non-hydrogen) atoms. The number of para-hydroxylation sites is 7. The molecule has 6 heteroatoms. The highest BCUT2D eigenvalue weighted by Crippen LogP contribution is 2.42. The predicted molar refractivity (Wildman–Crippen MR) is 304 cm³/mol. The molecule has 0 radical (unpaired) electrons. The molecule has 0 atom stereocenters. The first kappa shape index (κ1) is 39.9. The summed E-state index contributed by atoms with van der Waals surface area (Å²) in [6.07, 6.45) is 0. The van der Waals surface area contributed by atoms with E-state index in [9.17, 15) is 0 Å². The number of rotatable bonds is 6. The molecule has 0 spiro atoms. The Kier molecular flexibility index (Phi) is 8.36. The van der Waals surface area contributed by atoms with Crippen molar-refractivity contribution < 1.29 is 0 Å². The van der Waals surface area contributed by atoms with Gasteiger partial charge in [0.1, 0.15) is 5.82 Å². The molecule has 0 aliphatic carbocycles. The van der Waals surface area contributed by atoms with Gasteiger partial charge in [-0.2, -0.15) is 0 Å². The van der Waals surface area contributed by atoms with E-state index < -0.39 is 0 Å². The molecule has 0 saturated heterocycles. The van der Waals surface area contributed by atoms with E-state index in [1.807, 2.05) is 0 Å². The van der Waals surface area contributed by atoms with Crippen molar-refractivity contribution in [3.05, 3.63) is 255 Å². The SMILES string of the molecule is c1ccc(-n2c3ccccc3c3cc(-n4c(-c5ccc(-n6c7ccccc7c7ccccc76)cc5)nc5cc6c(cc54)c4ccccc4n6-c4ccc5c(c4)c4ccccc4n5-c4ccccc4)ccc32)cc1. The molecule has 6 nitrogen and oxygen atoms in total. The van der Waals surface area contributed by atoms with Crippen LogP contribution in [0.15, 0.2) is 255 Å². The lowest BCUT2D eigenvalue weighted by atomic mass is 10.1. The second-order valence-electron chi connectivity index (χ2n) is 19.2. The van der Waals surface area contributed by atoms with Crippen LogP contribution in [0.4, 0.5) is 0 Å². The molecule has 0 amide bonds. The zero-order valence-electron chi connectivity index (χ0n) is 39.4. The highest BCUT2D eigenvalue weighted by molar-refractivity contribution is 6.16. The Hall–Kier alpha value is -9.91. The van der Waals surface area contributed by atoms with Crippen molar-refractivity contribution in [2.75, 3.05) is 0 Å². The molecule has 0 N–H and O–H groups in total. The summed E-state index contributed by atoms with van der Waals surface area (Å²) >= 11 is 0. The van der Waals surface area contributed by atoms with Crippen LogP contribution in [0, 0.1) is 0 Å². The standard InChI is InChI=1S/C67H42N6/c1-3-17-44(18-4-1)69-60-28-14-9-23-51(60)54-39-47(35-37-63(54)69)72-62-30-16-11-25-53(62)56-41-66-57(42-65(56)72)68-67(43-31-33-46(34-32-43)71-58-26-12-7-21-49(58)50-22-8-13-27-59(50)71)73(66)48-36-38-64-55(40-48)52-24-10-15-29-61(52)70(64)45-19-5-2-6-20-45/h1-42H. The Labute approximate surface area is 418 Å². The van der Waals surface area contributed by atoms with Crippen LogP contribution in [0.3, 0.4) is 0 Å². The summed E-state index contributed by atoms with van der Waals surface area (Å²) in [5, 5.41) is 9.69. The summed E-state index contributed by atoms with van der Waals surface area (Å²) in [5.41, 5.74) is 17.9. The molecule has 0 unspecified atom stereocenters. The molecule has 340 valence electrons. The van der Waals surface area contributed by atoms with E-state index in [1.54, 1.807) is 0 Å². The van der Waals surface area contributed by atoms with Crippen molar-refractivity contribution in [2.24, 2.45) is 0 Å². The van der Waals surface area contributed by atoms with E-state index in [0.717, 1.165) is 67.4 Å². The molecule has 16 rings (SSSR count). The molecule has 0 aliphatic heterocycles. The quantitative estimate of drug-likeness (QED) is 0.164. The maximum Gasteiger partial charge on any atom is 0.145 e. The van der Waals surface area contributed by atoms with Crippen LogP contribution >= 0.6 is 0 Å². The summed E-state index contributed by atoms with van der Waals surface area (Å²) in [5.74, 6) is 0.883. The topological polar surface area (TPSA) is 37.5 Å². The maximum absolute atomic E-state index is 5.66. The van der Waals surface area contributed by atoms with Crippen molar-refractivity contribution in [3.63, 3.8) is 0 Å². The Bertz CT molecular complexity index is 4840. The summed E-state index contributed by atoms with van der Waals surface area (Å²) in [6.45, 7) is 0. The van der Waals surface area contributed by atoms with Gasteiger partial charge in [-0.15, -0.1) is 0 Å². The number of aromatic nitrogens is 6. The number of hydrogen-bond acceptors (Lipinski definition) is 1. The van der Waals surface area contributed by atoms with Gasteiger partial charge in [0.15, 0.2) is 0 Å². The average molecular weight is 931 g/mol. The van der Waals surface area contributed by atoms with Gasteiger partial charge >= 0.3 is 0 Å². The molecular weight excluding hydrogens is 889 g/mol. The van der Waals surface area contributed by atoms with E-state index >= 15 is 0 Å². The predicted octanol–water partition coefficient (Wildman–Crippen LogP) is 17.1. The fourth-order valence-electron chi connectivity index (χ4n) is 12.1. The Morgan fingerprint density at radius 3 is 0.986 bits per heavy atom. The fraction of sp³-hybridized carbons (Fsp3) is 0. The molecule has 0 saturated carbocycles. The summed E-state index contributed by atoms with van der Waals surface area (Å²) in [7, 11) is 0. The van der Waals surface area contributed by atoms with Crippen LogP contribution in [-0.4, -0.2) is 27.8 Å².